The first kappa shape index (κ1) is 20.6. The second-order valence-electron chi connectivity index (χ2n) is 7.60. The molecule has 0 atom stereocenters. The van der Waals surface area contributed by atoms with Crippen LogP contribution in [0.3, 0.4) is 0 Å². The zero-order valence-corrected chi connectivity index (χ0v) is 17.6. The first-order valence-electron chi connectivity index (χ1n) is 10.5. The molecule has 5 rings (SSSR count). The van der Waals surface area contributed by atoms with Crippen molar-refractivity contribution in [3.63, 3.8) is 0 Å². The number of amides is 2. The van der Waals surface area contributed by atoms with Gasteiger partial charge in [0.15, 0.2) is 6.61 Å². The van der Waals surface area contributed by atoms with Crippen LogP contribution >= 0.6 is 0 Å². The van der Waals surface area contributed by atoms with Crippen LogP contribution in [0.1, 0.15) is 39.4 Å². The fraction of sp³-hybridized carbons (Fsp3) is 0.160. The Hall–Kier alpha value is -4.33. The van der Waals surface area contributed by atoms with Crippen LogP contribution in [0.15, 0.2) is 71.1 Å². The van der Waals surface area contributed by atoms with Gasteiger partial charge in [0.2, 0.25) is 5.89 Å². The van der Waals surface area contributed by atoms with E-state index in [0.717, 1.165) is 10.9 Å². The van der Waals surface area contributed by atoms with Crippen molar-refractivity contribution in [3.8, 4) is 11.5 Å². The highest BCUT2D eigenvalue weighted by Crippen LogP contribution is 2.30. The Bertz CT molecular complexity index is 1310. The van der Waals surface area contributed by atoms with E-state index in [1.54, 1.807) is 24.3 Å². The fourth-order valence-electron chi connectivity index (χ4n) is 3.89. The van der Waals surface area contributed by atoms with Gasteiger partial charge in [-0.3, -0.25) is 19.3 Å². The van der Waals surface area contributed by atoms with Gasteiger partial charge in [0, 0.05) is 35.0 Å². The maximum atomic E-state index is 12.9. The van der Waals surface area contributed by atoms with Gasteiger partial charge >= 0.3 is 5.97 Å². The molecular weight excluding hydrogens is 422 g/mol. The van der Waals surface area contributed by atoms with E-state index in [1.807, 2.05) is 42.5 Å². The van der Waals surface area contributed by atoms with Crippen LogP contribution in [0.4, 0.5) is 0 Å². The molecule has 3 aromatic carbocycles. The number of rotatable bonds is 7. The topological polar surface area (TPSA) is 103 Å². The Morgan fingerprint density at radius 3 is 2.27 bits per heavy atom. The van der Waals surface area contributed by atoms with Gasteiger partial charge in [0.05, 0.1) is 0 Å². The molecule has 8 heteroatoms. The van der Waals surface area contributed by atoms with Gasteiger partial charge in [-0.25, -0.2) is 0 Å². The largest absolute Gasteiger partial charge is 0.456 e. The highest BCUT2D eigenvalue weighted by molar-refractivity contribution is 6.25. The molecule has 0 saturated carbocycles. The van der Waals surface area contributed by atoms with Gasteiger partial charge in [0.1, 0.15) is 0 Å². The summed E-state index contributed by atoms with van der Waals surface area (Å²) >= 11 is 0. The molecule has 8 nitrogen and oxygen atoms in total. The van der Waals surface area contributed by atoms with Crippen molar-refractivity contribution in [3.05, 3.63) is 83.7 Å². The molecule has 0 bridgehead atoms. The minimum absolute atomic E-state index is 0.0442. The van der Waals surface area contributed by atoms with Crippen molar-refractivity contribution in [2.45, 2.75) is 19.4 Å². The van der Waals surface area contributed by atoms with Gasteiger partial charge < -0.3 is 9.15 Å². The highest BCUT2D eigenvalue weighted by atomic mass is 16.5. The van der Waals surface area contributed by atoms with E-state index < -0.39 is 5.97 Å². The standard InChI is InChI=1S/C25H19N3O5/c29-21(32-15-20-26-27-23(33-20)17-7-2-1-3-8-17)13-6-14-28-24(30)18-11-4-9-16-10-5-12-19(22(16)18)25(28)31/h1-5,7-12H,6,13-15H2. The second-order valence-corrected chi connectivity index (χ2v) is 7.60. The summed E-state index contributed by atoms with van der Waals surface area (Å²) in [6.45, 7) is -0.0220. The van der Waals surface area contributed by atoms with Crippen LogP contribution < -0.4 is 0 Å². The number of aromatic nitrogens is 2. The van der Waals surface area contributed by atoms with Crippen LogP contribution in [0.2, 0.25) is 0 Å². The number of esters is 1. The number of hydrogen-bond donors (Lipinski definition) is 0. The Morgan fingerprint density at radius 1 is 0.879 bits per heavy atom. The van der Waals surface area contributed by atoms with Crippen molar-refractivity contribution in [1.29, 1.82) is 0 Å². The van der Waals surface area contributed by atoms with Gasteiger partial charge in [-0.2, -0.15) is 0 Å². The predicted octanol–water partition coefficient (Wildman–Crippen LogP) is 4.01. The van der Waals surface area contributed by atoms with Crippen LogP contribution in [-0.2, 0) is 16.1 Å². The first-order valence-corrected chi connectivity index (χ1v) is 10.5. The van der Waals surface area contributed by atoms with E-state index in [0.29, 0.717) is 22.4 Å². The Balaban J connectivity index is 1.16. The molecule has 0 unspecified atom stereocenters. The van der Waals surface area contributed by atoms with Crippen molar-refractivity contribution in [2.24, 2.45) is 0 Å². The molecule has 164 valence electrons. The lowest BCUT2D eigenvalue weighted by molar-refractivity contribution is -0.145. The average Bonchev–Trinajstić information content (AvgIpc) is 3.33. The van der Waals surface area contributed by atoms with Crippen LogP contribution in [-0.4, -0.2) is 39.4 Å². The zero-order valence-electron chi connectivity index (χ0n) is 17.6. The van der Waals surface area contributed by atoms with E-state index in [-0.39, 0.29) is 43.7 Å². The summed E-state index contributed by atoms with van der Waals surface area (Å²) in [5.74, 6) is -0.643. The molecule has 33 heavy (non-hydrogen) atoms. The van der Waals surface area contributed by atoms with Gasteiger partial charge in [-0.1, -0.05) is 42.5 Å². The third-order valence-corrected chi connectivity index (χ3v) is 5.46. The fourth-order valence-corrected chi connectivity index (χ4v) is 3.89. The van der Waals surface area contributed by atoms with Gasteiger partial charge in [-0.05, 0) is 36.1 Å². The SMILES string of the molecule is O=C(CCCN1C(=O)c2cccc3cccc(c23)C1=O)OCc1nnc(-c2ccccc2)o1. The normalized spacial score (nSPS) is 12.9. The van der Waals surface area contributed by atoms with E-state index in [2.05, 4.69) is 10.2 Å². The number of carbonyl (C=O) groups excluding carboxylic acids is 3. The summed E-state index contributed by atoms with van der Waals surface area (Å²) in [7, 11) is 0. The lowest BCUT2D eigenvalue weighted by atomic mass is 9.94. The summed E-state index contributed by atoms with van der Waals surface area (Å²) in [4.78, 5) is 39.1. The summed E-state index contributed by atoms with van der Waals surface area (Å²) in [5, 5.41) is 9.37. The van der Waals surface area contributed by atoms with E-state index >= 15 is 0 Å². The summed E-state index contributed by atoms with van der Waals surface area (Å²) < 4.78 is 10.7. The minimum Gasteiger partial charge on any atom is -0.456 e. The number of ether oxygens (including phenoxy) is 1. The average molecular weight is 441 g/mol. The summed E-state index contributed by atoms with van der Waals surface area (Å²) in [5.41, 5.74) is 1.77. The molecule has 0 spiro atoms. The molecule has 0 fully saturated rings. The number of nitrogens with zero attached hydrogens (tertiary/aromatic N) is 3. The molecule has 0 aliphatic carbocycles. The lowest BCUT2D eigenvalue weighted by Crippen LogP contribution is -2.41. The monoisotopic (exact) mass is 441 g/mol. The van der Waals surface area contributed by atoms with Gasteiger partial charge in [-0.15, -0.1) is 10.2 Å². The Morgan fingerprint density at radius 2 is 1.58 bits per heavy atom. The van der Waals surface area contributed by atoms with Crippen LogP contribution in [0.25, 0.3) is 22.2 Å². The molecule has 0 radical (unpaired) electrons. The molecule has 2 amide bonds. The summed E-state index contributed by atoms with van der Waals surface area (Å²) in [6, 6.07) is 20.1. The molecule has 0 saturated heterocycles. The Kier molecular flexibility index (Phi) is 5.40. The maximum absolute atomic E-state index is 12.9. The van der Waals surface area contributed by atoms with Crippen molar-refractivity contribution in [2.75, 3.05) is 6.54 Å². The van der Waals surface area contributed by atoms with E-state index in [4.69, 9.17) is 9.15 Å². The third kappa shape index (κ3) is 3.98. The molecule has 1 aliphatic rings. The zero-order chi connectivity index (χ0) is 22.8. The van der Waals surface area contributed by atoms with Crippen molar-refractivity contribution >= 4 is 28.6 Å². The third-order valence-electron chi connectivity index (χ3n) is 5.46. The molecule has 1 aromatic heterocycles. The quantitative estimate of drug-likeness (QED) is 0.315. The van der Waals surface area contributed by atoms with Crippen LogP contribution in [0, 0.1) is 0 Å². The van der Waals surface area contributed by atoms with Gasteiger partial charge in [0.25, 0.3) is 17.7 Å². The highest BCUT2D eigenvalue weighted by Gasteiger charge is 2.32. The molecule has 4 aromatic rings. The van der Waals surface area contributed by atoms with Crippen molar-refractivity contribution < 1.29 is 23.5 Å². The number of carbonyl (C=O) groups is 3. The van der Waals surface area contributed by atoms with E-state index in [9.17, 15) is 14.4 Å². The minimum atomic E-state index is -0.478. The molecule has 1 aliphatic heterocycles. The predicted molar refractivity (Wildman–Crippen MR) is 118 cm³/mol. The lowest BCUT2D eigenvalue weighted by Gasteiger charge is -2.27. The number of hydrogen-bond acceptors (Lipinski definition) is 7. The maximum Gasteiger partial charge on any atom is 0.306 e. The van der Waals surface area contributed by atoms with E-state index in [1.165, 1.54) is 4.90 Å². The number of imide groups is 1. The Labute approximate surface area is 188 Å². The first-order chi connectivity index (χ1) is 16.1. The van der Waals surface area contributed by atoms with Crippen molar-refractivity contribution in [1.82, 2.24) is 15.1 Å². The smallest absolute Gasteiger partial charge is 0.306 e. The molecular formula is C25H19N3O5. The molecule has 2 heterocycles. The second kappa shape index (κ2) is 8.66. The summed E-state index contributed by atoms with van der Waals surface area (Å²) in [6.07, 6.45) is 0.330. The van der Waals surface area contributed by atoms with Crippen LogP contribution in [0.5, 0.6) is 0 Å². The number of benzene rings is 3. The molecule has 0 N–H and O–H groups in total.